The fourth-order valence-corrected chi connectivity index (χ4v) is 1.29. The lowest BCUT2D eigenvalue weighted by Gasteiger charge is -2.12. The molecule has 0 unspecified atom stereocenters. The Morgan fingerprint density at radius 2 is 2.00 bits per heavy atom. The van der Waals surface area contributed by atoms with E-state index in [-0.39, 0.29) is 11.8 Å². The molecule has 0 aliphatic carbocycles. The molecule has 1 aromatic rings. The molecule has 1 saturated heterocycles. The molecule has 3 nitrogen and oxygen atoms in total. The Kier molecular flexibility index (Phi) is 1.88. The first-order chi connectivity index (χ1) is 6.27. The number of hydrogen-bond acceptors (Lipinski definition) is 1. The maximum atomic E-state index is 12.5. The summed E-state index contributed by atoms with van der Waals surface area (Å²) in [5, 5.41) is 3.71. The Hall–Kier alpha value is -1.58. The van der Waals surface area contributed by atoms with Crippen molar-refractivity contribution in [2.75, 3.05) is 18.0 Å². The second-order valence-electron chi connectivity index (χ2n) is 2.79. The van der Waals surface area contributed by atoms with Crippen LogP contribution in [0.15, 0.2) is 24.3 Å². The average molecular weight is 179 g/mol. The van der Waals surface area contributed by atoms with Gasteiger partial charge in [-0.2, -0.15) is 0 Å². The third kappa shape index (κ3) is 1.47. The van der Waals surface area contributed by atoms with Crippen molar-refractivity contribution < 1.29 is 9.18 Å². The summed E-state index contributed by atoms with van der Waals surface area (Å²) in [6.45, 7) is 1.11. The molecular weight excluding hydrogens is 171 g/mol. The Bertz CT molecular complexity index is 323. The largest absolute Gasteiger partial charge is 0.343 e. The monoisotopic (exact) mass is 179 g/mol. The van der Waals surface area contributed by atoms with E-state index in [2.05, 4.69) is 5.32 Å². The smallest absolute Gasteiger partial charge is 0.291 e. The number of rotatable bonds is 1. The normalized spacial score (nSPS) is 16.1. The molecule has 67 valence electrons. The van der Waals surface area contributed by atoms with Crippen LogP contribution in [0.3, 0.4) is 0 Å². The van der Waals surface area contributed by atoms with Crippen LogP contribution in [0.1, 0.15) is 0 Å². The standard InChI is InChI=1S/C9H8FN2O/c10-7-1-3-8(4-2-7)12-6-5-11-9(12)13/h1-4H,5-6H2. The van der Waals surface area contributed by atoms with Gasteiger partial charge >= 0.3 is 6.03 Å². The zero-order chi connectivity index (χ0) is 9.26. The van der Waals surface area contributed by atoms with Crippen LogP contribution in [-0.2, 0) is 0 Å². The maximum absolute atomic E-state index is 12.5. The molecule has 1 aromatic carbocycles. The predicted octanol–water partition coefficient (Wildman–Crippen LogP) is 1.37. The van der Waals surface area contributed by atoms with Gasteiger partial charge in [-0.15, -0.1) is 0 Å². The summed E-state index contributed by atoms with van der Waals surface area (Å²) in [5.41, 5.74) is 0.702. The first kappa shape index (κ1) is 8.04. The zero-order valence-electron chi connectivity index (χ0n) is 6.90. The summed E-state index contributed by atoms with van der Waals surface area (Å²) >= 11 is 0. The SMILES string of the molecule is O=C1[N]CCN1c1ccc(F)cc1. The molecule has 0 saturated carbocycles. The third-order valence-electron chi connectivity index (χ3n) is 1.94. The van der Waals surface area contributed by atoms with Crippen molar-refractivity contribution in [3.05, 3.63) is 30.1 Å². The van der Waals surface area contributed by atoms with Gasteiger partial charge in [-0.25, -0.2) is 14.5 Å². The van der Waals surface area contributed by atoms with Crippen LogP contribution in [0, 0.1) is 5.82 Å². The highest BCUT2D eigenvalue weighted by Crippen LogP contribution is 2.16. The van der Waals surface area contributed by atoms with Gasteiger partial charge in [0.2, 0.25) is 0 Å². The molecule has 1 aliphatic heterocycles. The predicted molar refractivity (Wildman–Crippen MR) is 46.1 cm³/mol. The number of nitrogens with zero attached hydrogens (tertiary/aromatic N) is 2. The van der Waals surface area contributed by atoms with Crippen LogP contribution in [0.25, 0.3) is 0 Å². The van der Waals surface area contributed by atoms with Gasteiger partial charge in [-0.05, 0) is 24.3 Å². The maximum Gasteiger partial charge on any atom is 0.343 e. The molecule has 1 heterocycles. The summed E-state index contributed by atoms with van der Waals surface area (Å²) in [6.07, 6.45) is 0. The van der Waals surface area contributed by atoms with E-state index in [1.165, 1.54) is 17.0 Å². The minimum atomic E-state index is -0.299. The lowest BCUT2D eigenvalue weighted by molar-refractivity contribution is 0.251. The Morgan fingerprint density at radius 3 is 2.54 bits per heavy atom. The van der Waals surface area contributed by atoms with E-state index in [0.29, 0.717) is 18.8 Å². The lowest BCUT2D eigenvalue weighted by atomic mass is 10.3. The fraction of sp³-hybridized carbons (Fsp3) is 0.222. The summed E-state index contributed by atoms with van der Waals surface area (Å²) < 4.78 is 12.5. The van der Waals surface area contributed by atoms with E-state index in [0.717, 1.165) is 0 Å². The summed E-state index contributed by atoms with van der Waals surface area (Å²) in [5.74, 6) is -0.299. The molecule has 0 spiro atoms. The number of hydrogen-bond donors (Lipinski definition) is 0. The fourth-order valence-electron chi connectivity index (χ4n) is 1.29. The minimum absolute atomic E-state index is 0.244. The third-order valence-corrected chi connectivity index (χ3v) is 1.94. The van der Waals surface area contributed by atoms with Crippen molar-refractivity contribution in [2.24, 2.45) is 0 Å². The second kappa shape index (κ2) is 3.05. The molecule has 13 heavy (non-hydrogen) atoms. The number of carbonyl (C=O) groups excluding carboxylic acids is 1. The van der Waals surface area contributed by atoms with Crippen LogP contribution in [0.5, 0.6) is 0 Å². The van der Waals surface area contributed by atoms with Crippen molar-refractivity contribution >= 4 is 11.7 Å². The quantitative estimate of drug-likeness (QED) is 0.641. The molecule has 0 aromatic heterocycles. The van der Waals surface area contributed by atoms with Crippen LogP contribution < -0.4 is 10.2 Å². The van der Waals surface area contributed by atoms with Gasteiger partial charge in [0.1, 0.15) is 5.82 Å². The number of amides is 2. The zero-order valence-corrected chi connectivity index (χ0v) is 6.90. The van der Waals surface area contributed by atoms with Gasteiger partial charge in [0, 0.05) is 12.2 Å². The van der Waals surface area contributed by atoms with E-state index in [1.54, 1.807) is 12.1 Å². The first-order valence-electron chi connectivity index (χ1n) is 4.02. The highest BCUT2D eigenvalue weighted by Gasteiger charge is 2.22. The number of benzene rings is 1. The summed E-state index contributed by atoms with van der Waals surface area (Å²) in [7, 11) is 0. The summed E-state index contributed by atoms with van der Waals surface area (Å²) in [4.78, 5) is 12.7. The van der Waals surface area contributed by atoms with E-state index < -0.39 is 0 Å². The number of halogens is 1. The molecule has 0 bridgehead atoms. The van der Waals surface area contributed by atoms with Crippen LogP contribution >= 0.6 is 0 Å². The van der Waals surface area contributed by atoms with E-state index in [4.69, 9.17) is 0 Å². The molecule has 2 amide bonds. The van der Waals surface area contributed by atoms with E-state index >= 15 is 0 Å². The molecule has 1 fully saturated rings. The Labute approximate surface area is 75.2 Å². The highest BCUT2D eigenvalue weighted by atomic mass is 19.1. The first-order valence-corrected chi connectivity index (χ1v) is 4.02. The minimum Gasteiger partial charge on any atom is -0.291 e. The van der Waals surface area contributed by atoms with Crippen LogP contribution in [-0.4, -0.2) is 19.1 Å². The molecule has 2 rings (SSSR count). The van der Waals surface area contributed by atoms with E-state index in [9.17, 15) is 9.18 Å². The molecule has 1 radical (unpaired) electrons. The average Bonchev–Trinajstić information content (AvgIpc) is 2.53. The van der Waals surface area contributed by atoms with Gasteiger partial charge < -0.3 is 0 Å². The van der Waals surface area contributed by atoms with Crippen molar-refractivity contribution in [2.45, 2.75) is 0 Å². The van der Waals surface area contributed by atoms with Crippen LogP contribution in [0.4, 0.5) is 14.9 Å². The second-order valence-corrected chi connectivity index (χ2v) is 2.79. The number of carbonyl (C=O) groups is 1. The van der Waals surface area contributed by atoms with Gasteiger partial charge in [-0.1, -0.05) is 0 Å². The highest BCUT2D eigenvalue weighted by molar-refractivity contribution is 5.93. The Balaban J connectivity index is 2.25. The lowest BCUT2D eigenvalue weighted by Crippen LogP contribution is -2.25. The molecule has 0 N–H and O–H groups in total. The summed E-state index contributed by atoms with van der Waals surface area (Å²) in [6, 6.07) is 5.58. The Morgan fingerprint density at radius 1 is 1.31 bits per heavy atom. The van der Waals surface area contributed by atoms with Crippen molar-refractivity contribution in [1.82, 2.24) is 5.32 Å². The molecule has 1 aliphatic rings. The van der Waals surface area contributed by atoms with Gasteiger partial charge in [-0.3, -0.25) is 4.90 Å². The van der Waals surface area contributed by atoms with E-state index in [1.807, 2.05) is 0 Å². The molecular formula is C9H8FN2O. The van der Waals surface area contributed by atoms with Crippen LogP contribution in [0.2, 0.25) is 0 Å². The number of anilines is 1. The van der Waals surface area contributed by atoms with Gasteiger partial charge in [0.05, 0.1) is 6.54 Å². The molecule has 0 atom stereocenters. The van der Waals surface area contributed by atoms with Gasteiger partial charge in [0.25, 0.3) is 0 Å². The van der Waals surface area contributed by atoms with Gasteiger partial charge in [0.15, 0.2) is 0 Å². The van der Waals surface area contributed by atoms with Crippen molar-refractivity contribution in [3.63, 3.8) is 0 Å². The van der Waals surface area contributed by atoms with Crippen molar-refractivity contribution in [3.8, 4) is 0 Å². The topological polar surface area (TPSA) is 34.4 Å². The molecule has 4 heteroatoms. The number of urea groups is 1. The van der Waals surface area contributed by atoms with Crippen molar-refractivity contribution in [1.29, 1.82) is 0 Å².